The molecule has 0 spiro atoms. The molecular formula is C18H26ClN3O4. The van der Waals surface area contributed by atoms with Crippen LogP contribution < -0.4 is 5.32 Å². The van der Waals surface area contributed by atoms with Gasteiger partial charge in [0.2, 0.25) is 0 Å². The van der Waals surface area contributed by atoms with Crippen LogP contribution in [0.2, 0.25) is 5.02 Å². The number of amides is 2. The van der Waals surface area contributed by atoms with Crippen LogP contribution in [0.25, 0.3) is 0 Å². The summed E-state index contributed by atoms with van der Waals surface area (Å²) >= 11 is 6.17. The van der Waals surface area contributed by atoms with E-state index in [0.29, 0.717) is 44.0 Å². The van der Waals surface area contributed by atoms with E-state index < -0.39 is 0 Å². The minimum Gasteiger partial charge on any atom is -0.508 e. The third kappa shape index (κ3) is 5.09. The molecule has 2 rings (SSSR count). The number of hydrogen-bond donors (Lipinski definition) is 3. The van der Waals surface area contributed by atoms with Crippen LogP contribution >= 0.6 is 11.6 Å². The van der Waals surface area contributed by atoms with Crippen molar-refractivity contribution in [3.8, 4) is 5.75 Å². The number of hydrogen-bond acceptors (Lipinski definition) is 5. The Morgan fingerprint density at radius 2 is 2.23 bits per heavy atom. The quantitative estimate of drug-likeness (QED) is 0.443. The van der Waals surface area contributed by atoms with Crippen LogP contribution in [0.4, 0.5) is 4.79 Å². The maximum absolute atomic E-state index is 12.8. The number of nitrogens with zero attached hydrogens (tertiary/aromatic N) is 2. The molecule has 0 bridgehead atoms. The van der Waals surface area contributed by atoms with Gasteiger partial charge in [-0.3, -0.25) is 0 Å². The van der Waals surface area contributed by atoms with Gasteiger partial charge in [-0.15, -0.1) is 0 Å². The van der Waals surface area contributed by atoms with E-state index in [-0.39, 0.29) is 30.3 Å². The number of aliphatic hydroxyl groups is 1. The zero-order valence-corrected chi connectivity index (χ0v) is 15.7. The van der Waals surface area contributed by atoms with Gasteiger partial charge in [0.15, 0.2) is 0 Å². The normalized spacial score (nSPS) is 15.4. The Kier molecular flexibility index (Phi) is 7.68. The number of halogens is 1. The van der Waals surface area contributed by atoms with Crippen molar-refractivity contribution in [2.24, 2.45) is 0 Å². The average Bonchev–Trinajstić information content (AvgIpc) is 2.58. The van der Waals surface area contributed by atoms with E-state index in [4.69, 9.17) is 11.6 Å². The van der Waals surface area contributed by atoms with Crippen LogP contribution in [0, 0.1) is 0 Å². The number of benzene rings is 1. The fourth-order valence-electron chi connectivity index (χ4n) is 3.02. The minimum atomic E-state index is -0.209. The fourth-order valence-corrected chi connectivity index (χ4v) is 3.34. The van der Waals surface area contributed by atoms with E-state index in [0.717, 1.165) is 11.8 Å². The van der Waals surface area contributed by atoms with Crippen LogP contribution in [0.1, 0.15) is 24.3 Å². The summed E-state index contributed by atoms with van der Waals surface area (Å²) in [4.78, 5) is 26.7. The Hall–Kier alpha value is -1.83. The number of carbonyl (C=O) groups excluding carboxylic acids is 2. The number of aldehydes is 1. The van der Waals surface area contributed by atoms with E-state index in [9.17, 15) is 19.8 Å². The second-order valence-corrected chi connectivity index (χ2v) is 6.92. The van der Waals surface area contributed by atoms with Gasteiger partial charge >= 0.3 is 6.03 Å². The molecule has 1 heterocycles. The monoisotopic (exact) mass is 383 g/mol. The molecule has 1 saturated heterocycles. The molecule has 0 aromatic heterocycles. The number of unbranched alkanes of at least 4 members (excludes halogenated alkanes) is 1. The summed E-state index contributed by atoms with van der Waals surface area (Å²) in [6.45, 7) is 1.89. The molecule has 0 unspecified atom stereocenters. The number of urea groups is 1. The molecule has 1 atom stereocenters. The molecule has 1 fully saturated rings. The van der Waals surface area contributed by atoms with Gasteiger partial charge in [-0.05, 0) is 31.2 Å². The van der Waals surface area contributed by atoms with Gasteiger partial charge in [0.25, 0.3) is 0 Å². The lowest BCUT2D eigenvalue weighted by Crippen LogP contribution is -2.56. The molecule has 1 aromatic carbocycles. The number of nitrogens with one attached hydrogen (secondary N) is 1. The second kappa shape index (κ2) is 9.75. The first-order chi connectivity index (χ1) is 12.5. The number of rotatable bonds is 9. The molecule has 1 aliphatic heterocycles. The molecule has 8 heteroatoms. The number of aromatic hydroxyl groups is 1. The topological polar surface area (TPSA) is 93.1 Å². The van der Waals surface area contributed by atoms with Crippen molar-refractivity contribution in [1.82, 2.24) is 15.1 Å². The fraction of sp³-hybridized carbons (Fsp3) is 0.556. The molecule has 3 N–H and O–H groups in total. The van der Waals surface area contributed by atoms with Gasteiger partial charge in [0.05, 0.1) is 6.61 Å². The lowest BCUT2D eigenvalue weighted by atomic mass is 9.91. The Balaban J connectivity index is 1.96. The van der Waals surface area contributed by atoms with Gasteiger partial charge in [-0.2, -0.15) is 0 Å². The maximum atomic E-state index is 12.8. The summed E-state index contributed by atoms with van der Waals surface area (Å²) in [5, 5.41) is 22.3. The number of phenols is 1. The van der Waals surface area contributed by atoms with Crippen LogP contribution in [0.3, 0.4) is 0 Å². The van der Waals surface area contributed by atoms with E-state index in [1.165, 1.54) is 6.07 Å². The van der Waals surface area contributed by atoms with E-state index in [1.807, 2.05) is 0 Å². The molecule has 144 valence electrons. The summed E-state index contributed by atoms with van der Waals surface area (Å²) in [5.74, 6) is 0.260. The summed E-state index contributed by atoms with van der Waals surface area (Å²) in [7, 11) is 1.74. The number of likely N-dealkylation sites (N-methyl/N-ethyl adjacent to an activating group) is 1. The van der Waals surface area contributed by atoms with Crippen molar-refractivity contribution >= 4 is 23.9 Å². The van der Waals surface area contributed by atoms with Crippen molar-refractivity contribution < 1.29 is 19.8 Å². The number of aliphatic hydroxyl groups excluding tert-OH is 1. The van der Waals surface area contributed by atoms with Gasteiger partial charge in [-0.1, -0.05) is 17.7 Å². The van der Waals surface area contributed by atoms with Gasteiger partial charge in [0, 0.05) is 49.6 Å². The summed E-state index contributed by atoms with van der Waals surface area (Å²) in [5.41, 5.74) is 0.921. The Morgan fingerprint density at radius 1 is 1.50 bits per heavy atom. The van der Waals surface area contributed by atoms with Crippen molar-refractivity contribution in [2.75, 3.05) is 39.8 Å². The third-order valence-electron chi connectivity index (χ3n) is 4.67. The third-order valence-corrected chi connectivity index (χ3v) is 4.99. The summed E-state index contributed by atoms with van der Waals surface area (Å²) in [6, 6.07) is 4.58. The predicted molar refractivity (Wildman–Crippen MR) is 99.6 cm³/mol. The van der Waals surface area contributed by atoms with Gasteiger partial charge in [-0.25, -0.2) is 4.79 Å². The molecule has 0 radical (unpaired) electrons. The molecule has 7 nitrogen and oxygen atoms in total. The highest BCUT2D eigenvalue weighted by Gasteiger charge is 2.35. The van der Waals surface area contributed by atoms with Crippen LogP contribution in [0.5, 0.6) is 5.75 Å². The van der Waals surface area contributed by atoms with Crippen LogP contribution in [0.15, 0.2) is 18.2 Å². The average molecular weight is 384 g/mol. The summed E-state index contributed by atoms with van der Waals surface area (Å²) in [6.07, 6.45) is 1.84. The highest BCUT2D eigenvalue weighted by atomic mass is 35.5. The van der Waals surface area contributed by atoms with Crippen LogP contribution in [-0.4, -0.2) is 78.2 Å². The first kappa shape index (κ1) is 20.5. The van der Waals surface area contributed by atoms with Gasteiger partial charge in [0.1, 0.15) is 12.0 Å². The first-order valence-electron chi connectivity index (χ1n) is 8.74. The lowest BCUT2D eigenvalue weighted by Gasteiger charge is -2.43. The highest BCUT2D eigenvalue weighted by molar-refractivity contribution is 6.31. The van der Waals surface area contributed by atoms with Crippen molar-refractivity contribution in [2.45, 2.75) is 24.8 Å². The second-order valence-electron chi connectivity index (χ2n) is 6.51. The first-order valence-corrected chi connectivity index (χ1v) is 9.12. The van der Waals surface area contributed by atoms with Crippen molar-refractivity contribution in [3.63, 3.8) is 0 Å². The molecule has 2 amide bonds. The standard InChI is InChI=1S/C18H26ClN3O4/c1-20-14(12-24)11-21(6-2-3-7-23)18(26)22-9-13(10-22)16-5-4-15(25)8-17(16)19/h4-5,7-8,13-14,20,24-25H,2-3,6,9-12H2,1H3/t14-/m1/s1. The maximum Gasteiger partial charge on any atom is 0.320 e. The Bertz CT molecular complexity index is 618. The Morgan fingerprint density at radius 3 is 2.81 bits per heavy atom. The van der Waals surface area contributed by atoms with E-state index in [2.05, 4.69) is 5.32 Å². The largest absolute Gasteiger partial charge is 0.508 e. The zero-order valence-electron chi connectivity index (χ0n) is 14.9. The molecule has 26 heavy (non-hydrogen) atoms. The molecule has 1 aliphatic rings. The summed E-state index contributed by atoms with van der Waals surface area (Å²) < 4.78 is 0. The van der Waals surface area contributed by atoms with Crippen molar-refractivity contribution in [3.05, 3.63) is 28.8 Å². The van der Waals surface area contributed by atoms with E-state index in [1.54, 1.807) is 29.0 Å². The predicted octanol–water partition coefficient (Wildman–Crippen LogP) is 1.43. The Labute approximate surface area is 158 Å². The smallest absolute Gasteiger partial charge is 0.320 e. The number of likely N-dealkylation sites (tertiary alicyclic amines) is 1. The number of carbonyl (C=O) groups is 2. The van der Waals surface area contributed by atoms with Gasteiger partial charge < -0.3 is 30.1 Å². The van der Waals surface area contributed by atoms with Crippen LogP contribution in [-0.2, 0) is 4.79 Å². The van der Waals surface area contributed by atoms with Crippen molar-refractivity contribution in [1.29, 1.82) is 0 Å². The molecular weight excluding hydrogens is 358 g/mol. The highest BCUT2D eigenvalue weighted by Crippen LogP contribution is 2.34. The molecule has 0 aliphatic carbocycles. The molecule has 0 saturated carbocycles. The minimum absolute atomic E-state index is 0.0697. The SMILES string of the molecule is CN[C@@H](CO)CN(CCCC=O)C(=O)N1CC(c2ccc(O)cc2Cl)C1. The van der Waals surface area contributed by atoms with E-state index >= 15 is 0 Å². The lowest BCUT2D eigenvalue weighted by molar-refractivity contribution is -0.108. The molecule has 1 aromatic rings. The number of phenolic OH excluding ortho intramolecular Hbond substituents is 1. The zero-order chi connectivity index (χ0) is 19.1.